The van der Waals surface area contributed by atoms with E-state index in [9.17, 15) is 4.79 Å². The van der Waals surface area contributed by atoms with Crippen molar-refractivity contribution in [3.05, 3.63) is 23.8 Å². The van der Waals surface area contributed by atoms with Gasteiger partial charge in [0.15, 0.2) is 0 Å². The second-order valence-electron chi connectivity index (χ2n) is 6.19. The Kier molecular flexibility index (Phi) is 2.81. The number of allylic oxidation sites excluding steroid dienone is 3. The highest BCUT2D eigenvalue weighted by atomic mass is 16.6. The molecular weight excluding hydrogens is 212 g/mol. The van der Waals surface area contributed by atoms with Gasteiger partial charge >= 0.3 is 0 Å². The van der Waals surface area contributed by atoms with Crippen LogP contribution in [-0.4, -0.2) is 17.5 Å². The van der Waals surface area contributed by atoms with Crippen LogP contribution in [0.2, 0.25) is 0 Å². The summed E-state index contributed by atoms with van der Waals surface area (Å²) in [5, 5.41) is 0. The van der Waals surface area contributed by atoms with Crippen molar-refractivity contribution in [2.45, 2.75) is 58.2 Å². The third-order valence-electron chi connectivity index (χ3n) is 4.50. The fraction of sp³-hybridized carbons (Fsp3) is 0.667. The summed E-state index contributed by atoms with van der Waals surface area (Å²) in [6, 6.07) is 0. The van der Waals surface area contributed by atoms with Crippen LogP contribution in [0.15, 0.2) is 23.8 Å². The lowest BCUT2D eigenvalue weighted by atomic mass is 9.64. The van der Waals surface area contributed by atoms with Gasteiger partial charge in [-0.15, -0.1) is 0 Å². The second kappa shape index (κ2) is 3.81. The van der Waals surface area contributed by atoms with E-state index < -0.39 is 0 Å². The molecule has 1 saturated heterocycles. The van der Waals surface area contributed by atoms with E-state index in [0.29, 0.717) is 0 Å². The number of carbonyl (C=O) groups excluding carboxylic acids is 1. The van der Waals surface area contributed by atoms with E-state index in [0.717, 1.165) is 18.3 Å². The zero-order chi connectivity index (χ0) is 12.7. The van der Waals surface area contributed by atoms with Crippen LogP contribution in [0.1, 0.15) is 47.0 Å². The molecule has 1 saturated carbocycles. The van der Waals surface area contributed by atoms with Crippen molar-refractivity contribution >= 4 is 6.29 Å². The third kappa shape index (κ3) is 1.79. The highest BCUT2D eigenvalue weighted by molar-refractivity contribution is 5.67. The number of carbonyl (C=O) groups is 1. The van der Waals surface area contributed by atoms with Crippen molar-refractivity contribution in [1.29, 1.82) is 0 Å². The smallest absolute Gasteiger partial charge is 0.143 e. The Morgan fingerprint density at radius 1 is 1.24 bits per heavy atom. The molecule has 0 aromatic rings. The summed E-state index contributed by atoms with van der Waals surface area (Å²) in [5.74, 6) is 0. The highest BCUT2D eigenvalue weighted by Crippen LogP contribution is 2.66. The fourth-order valence-corrected chi connectivity index (χ4v) is 3.32. The molecule has 0 N–H and O–H groups in total. The van der Waals surface area contributed by atoms with Crippen molar-refractivity contribution in [2.24, 2.45) is 5.41 Å². The minimum absolute atomic E-state index is 0.00666. The molecule has 2 aliphatic rings. The molecule has 94 valence electrons. The lowest BCUT2D eigenvalue weighted by Gasteiger charge is -2.36. The van der Waals surface area contributed by atoms with Crippen LogP contribution in [0.25, 0.3) is 0 Å². The van der Waals surface area contributed by atoms with E-state index in [2.05, 4.69) is 26.8 Å². The molecule has 0 bridgehead atoms. The van der Waals surface area contributed by atoms with Crippen LogP contribution in [0.4, 0.5) is 0 Å². The molecule has 0 aromatic carbocycles. The third-order valence-corrected chi connectivity index (χ3v) is 4.50. The molecule has 2 fully saturated rings. The fourth-order valence-electron chi connectivity index (χ4n) is 3.32. The number of ether oxygens (including phenoxy) is 1. The molecule has 1 aliphatic carbocycles. The Bertz CT molecular complexity index is 392. The van der Waals surface area contributed by atoms with Gasteiger partial charge in [-0.25, -0.2) is 0 Å². The standard InChI is InChI=1S/C15H22O2/c1-12(7-11-16)6-10-15-13(2,3)8-5-9-14(15,4)17-15/h6-7,10-11H,5,8-9H2,1-4H3/b10-6+,12-7+/t14-,15+/m1/s1. The largest absolute Gasteiger partial charge is 0.358 e. The molecule has 17 heavy (non-hydrogen) atoms. The van der Waals surface area contributed by atoms with Gasteiger partial charge in [-0.1, -0.05) is 19.9 Å². The summed E-state index contributed by atoms with van der Waals surface area (Å²) in [5.41, 5.74) is 1.04. The quantitative estimate of drug-likeness (QED) is 0.324. The number of rotatable bonds is 3. The summed E-state index contributed by atoms with van der Waals surface area (Å²) in [6.45, 7) is 8.70. The average molecular weight is 234 g/mol. The van der Waals surface area contributed by atoms with Gasteiger partial charge in [0.25, 0.3) is 0 Å². The Labute approximate surface area is 104 Å². The molecule has 1 heterocycles. The number of epoxide rings is 1. The highest BCUT2D eigenvalue weighted by Gasteiger charge is 2.72. The van der Waals surface area contributed by atoms with Crippen molar-refractivity contribution in [2.75, 3.05) is 0 Å². The first-order valence-electron chi connectivity index (χ1n) is 6.38. The lowest BCUT2D eigenvalue weighted by Crippen LogP contribution is -2.41. The van der Waals surface area contributed by atoms with Crippen molar-refractivity contribution in [1.82, 2.24) is 0 Å². The van der Waals surface area contributed by atoms with Gasteiger partial charge in [0.05, 0.1) is 5.60 Å². The number of hydrogen-bond acceptors (Lipinski definition) is 2. The molecule has 2 heteroatoms. The summed E-state index contributed by atoms with van der Waals surface area (Å²) in [7, 11) is 0. The second-order valence-corrected chi connectivity index (χ2v) is 6.19. The Morgan fingerprint density at radius 3 is 2.53 bits per heavy atom. The summed E-state index contributed by atoms with van der Waals surface area (Å²) < 4.78 is 6.09. The summed E-state index contributed by atoms with van der Waals surface area (Å²) in [4.78, 5) is 10.4. The summed E-state index contributed by atoms with van der Waals surface area (Å²) in [6.07, 6.45) is 10.2. The van der Waals surface area contributed by atoms with Gasteiger partial charge in [0, 0.05) is 5.41 Å². The van der Waals surface area contributed by atoms with Crippen molar-refractivity contribution < 1.29 is 9.53 Å². The normalized spacial score (nSPS) is 40.1. The Hall–Kier alpha value is -0.890. The van der Waals surface area contributed by atoms with Gasteiger partial charge in [-0.2, -0.15) is 0 Å². The van der Waals surface area contributed by atoms with E-state index in [4.69, 9.17) is 4.74 Å². The molecule has 2 atom stereocenters. The van der Waals surface area contributed by atoms with Crippen LogP contribution >= 0.6 is 0 Å². The molecule has 0 radical (unpaired) electrons. The molecular formula is C15H22O2. The first kappa shape index (κ1) is 12.6. The number of hydrogen-bond donors (Lipinski definition) is 0. The van der Waals surface area contributed by atoms with Gasteiger partial charge in [-0.3, -0.25) is 4.79 Å². The van der Waals surface area contributed by atoms with Crippen LogP contribution in [0.3, 0.4) is 0 Å². The van der Waals surface area contributed by atoms with Crippen LogP contribution in [0, 0.1) is 5.41 Å². The molecule has 0 aromatic heterocycles. The van der Waals surface area contributed by atoms with E-state index in [1.54, 1.807) is 6.08 Å². The van der Waals surface area contributed by atoms with E-state index >= 15 is 0 Å². The maximum absolute atomic E-state index is 10.4. The van der Waals surface area contributed by atoms with E-state index in [1.165, 1.54) is 12.8 Å². The zero-order valence-corrected chi connectivity index (χ0v) is 11.2. The number of aldehydes is 1. The molecule has 0 unspecified atom stereocenters. The molecule has 2 rings (SSSR count). The SMILES string of the molecule is CC(/C=C/[C@@]12O[C@]1(C)CCCC2(C)C)=C\C=O. The monoisotopic (exact) mass is 234 g/mol. The van der Waals surface area contributed by atoms with Gasteiger partial charge in [-0.05, 0) is 50.8 Å². The Balaban J connectivity index is 2.25. The van der Waals surface area contributed by atoms with Crippen LogP contribution < -0.4 is 0 Å². The molecule has 2 nitrogen and oxygen atoms in total. The predicted molar refractivity (Wildman–Crippen MR) is 68.8 cm³/mol. The lowest BCUT2D eigenvalue weighted by molar-refractivity contribution is -0.104. The summed E-state index contributed by atoms with van der Waals surface area (Å²) >= 11 is 0. The van der Waals surface area contributed by atoms with Crippen LogP contribution in [-0.2, 0) is 9.53 Å². The van der Waals surface area contributed by atoms with Gasteiger partial charge in [0.1, 0.15) is 11.9 Å². The maximum Gasteiger partial charge on any atom is 0.143 e. The maximum atomic E-state index is 10.4. The predicted octanol–water partition coefficient (Wildman–Crippen LogP) is 3.43. The topological polar surface area (TPSA) is 29.6 Å². The van der Waals surface area contributed by atoms with Gasteiger partial charge in [0.2, 0.25) is 0 Å². The first-order valence-corrected chi connectivity index (χ1v) is 6.38. The average Bonchev–Trinajstić information content (AvgIpc) is 2.84. The molecule has 0 spiro atoms. The van der Waals surface area contributed by atoms with Crippen LogP contribution in [0.5, 0.6) is 0 Å². The minimum Gasteiger partial charge on any atom is -0.358 e. The zero-order valence-electron chi connectivity index (χ0n) is 11.2. The van der Waals surface area contributed by atoms with Crippen molar-refractivity contribution in [3.8, 4) is 0 Å². The first-order chi connectivity index (χ1) is 7.87. The number of fused-ring (bicyclic) bond motifs is 1. The molecule has 0 amide bonds. The molecule has 1 aliphatic heterocycles. The Morgan fingerprint density at radius 2 is 1.94 bits per heavy atom. The van der Waals surface area contributed by atoms with E-state index in [1.807, 2.05) is 13.0 Å². The van der Waals surface area contributed by atoms with E-state index in [-0.39, 0.29) is 16.6 Å². The van der Waals surface area contributed by atoms with Crippen molar-refractivity contribution in [3.63, 3.8) is 0 Å². The van der Waals surface area contributed by atoms with Gasteiger partial charge < -0.3 is 4.74 Å². The minimum atomic E-state index is -0.129.